The number of alkyl halides is 3. The van der Waals surface area contributed by atoms with E-state index < -0.39 is 6.18 Å². The van der Waals surface area contributed by atoms with E-state index in [1.54, 1.807) is 25.3 Å². The molecule has 0 aliphatic carbocycles. The summed E-state index contributed by atoms with van der Waals surface area (Å²) in [5.74, 6) is -0.356. The number of allylic oxidation sites excluding steroid dienone is 1. The Morgan fingerprint density at radius 3 is 2.66 bits per heavy atom. The van der Waals surface area contributed by atoms with Crippen LogP contribution in [0, 0.1) is 6.92 Å². The first kappa shape index (κ1) is 20.5. The number of aromatic nitrogens is 1. The van der Waals surface area contributed by atoms with Crippen LogP contribution in [-0.2, 0) is 6.42 Å². The molecule has 3 aromatic rings. The Bertz CT molecular complexity index is 1080. The predicted octanol–water partition coefficient (Wildman–Crippen LogP) is 4.91. The molecule has 1 aromatic heterocycles. The van der Waals surface area contributed by atoms with Crippen molar-refractivity contribution < 1.29 is 23.1 Å². The van der Waals surface area contributed by atoms with E-state index in [0.29, 0.717) is 34.3 Å². The number of aliphatic hydroxyl groups excluding tert-OH is 1. The summed E-state index contributed by atoms with van der Waals surface area (Å²) in [7, 11) is 0. The molecule has 0 aliphatic heterocycles. The molecule has 2 aromatic carbocycles. The standard InChI is InChI=1S/C22H19F3N2O2/c1-14-10-15(6-8-22(23,24)25)2-5-19(14)21(29)27-18-4-3-17-11-16(7-9-28)13-26-20(17)12-18/h2-6,8,10-13,28H,7,9H2,1H3,(H,27,29). The summed E-state index contributed by atoms with van der Waals surface area (Å²) in [6.07, 6.45) is -1.05. The van der Waals surface area contributed by atoms with E-state index in [-0.39, 0.29) is 18.6 Å². The topological polar surface area (TPSA) is 62.2 Å². The number of aryl methyl sites for hydroxylation is 1. The summed E-state index contributed by atoms with van der Waals surface area (Å²) in [5.41, 5.74) is 3.50. The quantitative estimate of drug-likeness (QED) is 0.640. The second-order valence-electron chi connectivity index (χ2n) is 6.63. The molecule has 0 atom stereocenters. The number of rotatable bonds is 5. The number of benzene rings is 2. The third-order valence-electron chi connectivity index (χ3n) is 4.36. The van der Waals surface area contributed by atoms with Crippen LogP contribution in [0.2, 0.25) is 0 Å². The maximum Gasteiger partial charge on any atom is 0.409 e. The molecule has 150 valence electrons. The van der Waals surface area contributed by atoms with Gasteiger partial charge >= 0.3 is 6.18 Å². The Morgan fingerprint density at radius 1 is 1.17 bits per heavy atom. The van der Waals surface area contributed by atoms with Gasteiger partial charge in [0.05, 0.1) is 5.52 Å². The average Bonchev–Trinajstić information content (AvgIpc) is 2.66. The van der Waals surface area contributed by atoms with Crippen LogP contribution in [0.15, 0.2) is 54.7 Å². The molecule has 2 N–H and O–H groups in total. The summed E-state index contributed by atoms with van der Waals surface area (Å²) in [6, 6.07) is 11.8. The van der Waals surface area contributed by atoms with Crippen molar-refractivity contribution in [1.82, 2.24) is 4.98 Å². The van der Waals surface area contributed by atoms with Crippen molar-refractivity contribution in [3.63, 3.8) is 0 Å². The number of fused-ring (bicyclic) bond motifs is 1. The Morgan fingerprint density at radius 2 is 1.97 bits per heavy atom. The van der Waals surface area contributed by atoms with E-state index >= 15 is 0 Å². The van der Waals surface area contributed by atoms with Gasteiger partial charge in [0.15, 0.2) is 0 Å². The van der Waals surface area contributed by atoms with Crippen LogP contribution in [0.3, 0.4) is 0 Å². The zero-order valence-corrected chi connectivity index (χ0v) is 15.6. The minimum Gasteiger partial charge on any atom is -0.396 e. The van der Waals surface area contributed by atoms with Crippen LogP contribution in [-0.4, -0.2) is 28.8 Å². The lowest BCUT2D eigenvalue weighted by Gasteiger charge is -2.10. The summed E-state index contributed by atoms with van der Waals surface area (Å²) >= 11 is 0. The van der Waals surface area contributed by atoms with Crippen molar-refractivity contribution in [3.05, 3.63) is 77.0 Å². The fraction of sp³-hybridized carbons (Fsp3) is 0.182. The third-order valence-corrected chi connectivity index (χ3v) is 4.36. The minimum atomic E-state index is -4.38. The summed E-state index contributed by atoms with van der Waals surface area (Å²) in [6.45, 7) is 1.72. The molecule has 29 heavy (non-hydrogen) atoms. The van der Waals surface area contributed by atoms with E-state index in [9.17, 15) is 18.0 Å². The molecule has 0 aliphatic rings. The Hall–Kier alpha value is -3.19. The van der Waals surface area contributed by atoms with Crippen LogP contribution in [0.4, 0.5) is 18.9 Å². The van der Waals surface area contributed by atoms with Gasteiger partial charge in [-0.1, -0.05) is 24.3 Å². The van der Waals surface area contributed by atoms with Gasteiger partial charge < -0.3 is 10.4 Å². The molecule has 0 bridgehead atoms. The van der Waals surface area contributed by atoms with Gasteiger partial charge in [-0.3, -0.25) is 9.78 Å². The minimum absolute atomic E-state index is 0.0471. The number of nitrogens with zero attached hydrogens (tertiary/aromatic N) is 1. The number of amides is 1. The van der Waals surface area contributed by atoms with Gasteiger partial charge in [0.1, 0.15) is 0 Å². The van der Waals surface area contributed by atoms with Gasteiger partial charge in [-0.25, -0.2) is 0 Å². The molecule has 4 nitrogen and oxygen atoms in total. The van der Waals surface area contributed by atoms with Crippen molar-refractivity contribution in [2.45, 2.75) is 19.5 Å². The lowest BCUT2D eigenvalue weighted by molar-refractivity contribution is -0.0790. The highest BCUT2D eigenvalue weighted by Crippen LogP contribution is 2.22. The van der Waals surface area contributed by atoms with Gasteiger partial charge in [0.2, 0.25) is 0 Å². The first-order valence-corrected chi connectivity index (χ1v) is 8.93. The molecular formula is C22H19F3N2O2. The lowest BCUT2D eigenvalue weighted by atomic mass is 10.0. The molecule has 1 amide bonds. The summed E-state index contributed by atoms with van der Waals surface area (Å²) < 4.78 is 36.9. The Labute approximate surface area is 165 Å². The maximum atomic E-state index is 12.6. The van der Waals surface area contributed by atoms with Crippen molar-refractivity contribution in [1.29, 1.82) is 0 Å². The predicted molar refractivity (Wildman–Crippen MR) is 107 cm³/mol. The van der Waals surface area contributed by atoms with E-state index in [0.717, 1.165) is 17.0 Å². The fourth-order valence-electron chi connectivity index (χ4n) is 2.95. The number of hydrogen-bond donors (Lipinski definition) is 2. The largest absolute Gasteiger partial charge is 0.409 e. The van der Waals surface area contributed by atoms with Gasteiger partial charge in [0, 0.05) is 35.5 Å². The number of halogens is 3. The van der Waals surface area contributed by atoms with Crippen LogP contribution in [0.1, 0.15) is 27.0 Å². The number of nitrogens with one attached hydrogen (secondary N) is 1. The van der Waals surface area contributed by atoms with E-state index in [1.807, 2.05) is 12.1 Å². The third kappa shape index (κ3) is 5.42. The number of pyridine rings is 1. The maximum absolute atomic E-state index is 12.6. The monoisotopic (exact) mass is 400 g/mol. The summed E-state index contributed by atoms with van der Waals surface area (Å²) in [4.78, 5) is 16.9. The van der Waals surface area contributed by atoms with E-state index in [1.165, 1.54) is 18.2 Å². The summed E-state index contributed by atoms with van der Waals surface area (Å²) in [5, 5.41) is 12.7. The normalized spacial score (nSPS) is 11.9. The Kier molecular flexibility index (Phi) is 5.98. The molecule has 7 heteroatoms. The van der Waals surface area contributed by atoms with Crippen LogP contribution in [0.25, 0.3) is 17.0 Å². The van der Waals surface area contributed by atoms with E-state index in [2.05, 4.69) is 10.3 Å². The first-order chi connectivity index (χ1) is 13.7. The van der Waals surface area contributed by atoms with Crippen LogP contribution in [0.5, 0.6) is 0 Å². The molecular weight excluding hydrogens is 381 g/mol. The molecule has 1 heterocycles. The second kappa shape index (κ2) is 8.45. The number of aliphatic hydroxyl groups is 1. The lowest BCUT2D eigenvalue weighted by Crippen LogP contribution is -2.13. The average molecular weight is 400 g/mol. The second-order valence-corrected chi connectivity index (χ2v) is 6.63. The first-order valence-electron chi connectivity index (χ1n) is 8.93. The SMILES string of the molecule is Cc1cc(C=CC(F)(F)F)ccc1C(=O)Nc1ccc2cc(CCO)cnc2c1. The molecule has 0 saturated carbocycles. The number of carbonyl (C=O) groups is 1. The number of anilines is 1. The van der Waals surface area contributed by atoms with Crippen molar-refractivity contribution in [2.24, 2.45) is 0 Å². The van der Waals surface area contributed by atoms with Gasteiger partial charge in [-0.2, -0.15) is 13.2 Å². The molecule has 3 rings (SSSR count). The molecule has 0 saturated heterocycles. The fourth-order valence-corrected chi connectivity index (χ4v) is 2.95. The highest BCUT2D eigenvalue weighted by Gasteiger charge is 2.21. The highest BCUT2D eigenvalue weighted by atomic mass is 19.4. The zero-order valence-electron chi connectivity index (χ0n) is 15.6. The molecule has 0 spiro atoms. The van der Waals surface area contributed by atoms with Gasteiger partial charge in [-0.05, 0) is 54.3 Å². The van der Waals surface area contributed by atoms with Crippen LogP contribution >= 0.6 is 0 Å². The Balaban J connectivity index is 1.77. The van der Waals surface area contributed by atoms with Crippen molar-refractivity contribution in [3.8, 4) is 0 Å². The van der Waals surface area contributed by atoms with Gasteiger partial charge in [0.25, 0.3) is 5.91 Å². The molecule has 0 unspecified atom stereocenters. The van der Waals surface area contributed by atoms with Crippen molar-refractivity contribution >= 4 is 28.6 Å². The van der Waals surface area contributed by atoms with E-state index in [4.69, 9.17) is 5.11 Å². The highest BCUT2D eigenvalue weighted by molar-refractivity contribution is 6.06. The van der Waals surface area contributed by atoms with Crippen molar-refractivity contribution in [2.75, 3.05) is 11.9 Å². The number of carbonyl (C=O) groups excluding carboxylic acids is 1. The zero-order chi connectivity index (χ0) is 21.0. The molecule has 0 radical (unpaired) electrons. The smallest absolute Gasteiger partial charge is 0.396 e. The van der Waals surface area contributed by atoms with Crippen LogP contribution < -0.4 is 5.32 Å². The molecule has 0 fully saturated rings. The van der Waals surface area contributed by atoms with Gasteiger partial charge in [-0.15, -0.1) is 0 Å². The number of hydrogen-bond acceptors (Lipinski definition) is 3.